The van der Waals surface area contributed by atoms with Gasteiger partial charge in [-0.2, -0.15) is 0 Å². The molecule has 0 spiro atoms. The Morgan fingerprint density at radius 1 is 1.04 bits per heavy atom. The zero-order valence-electron chi connectivity index (χ0n) is 13.9. The van der Waals surface area contributed by atoms with Crippen molar-refractivity contribution < 1.29 is 9.21 Å². The summed E-state index contributed by atoms with van der Waals surface area (Å²) in [6.45, 7) is 5.91. The summed E-state index contributed by atoms with van der Waals surface area (Å²) in [5.41, 5.74) is 2.64. The summed E-state index contributed by atoms with van der Waals surface area (Å²) < 4.78 is 5.42. The molecular formula is C19H24N2O2. The average molecular weight is 312 g/mol. The van der Waals surface area contributed by atoms with Crippen LogP contribution in [0.1, 0.15) is 47.6 Å². The van der Waals surface area contributed by atoms with Crippen LogP contribution in [0, 0.1) is 13.8 Å². The van der Waals surface area contributed by atoms with Crippen molar-refractivity contribution >= 4 is 17.3 Å². The Kier molecular flexibility index (Phi) is 4.70. The summed E-state index contributed by atoms with van der Waals surface area (Å²) in [4.78, 5) is 14.7. The fraction of sp³-hybridized carbons (Fsp3) is 0.421. The molecule has 1 saturated heterocycles. The molecule has 2 heterocycles. The summed E-state index contributed by atoms with van der Waals surface area (Å²) in [6, 6.07) is 9.90. The van der Waals surface area contributed by atoms with Crippen LogP contribution in [0.4, 0.5) is 11.4 Å². The van der Waals surface area contributed by atoms with Gasteiger partial charge in [-0.15, -0.1) is 0 Å². The summed E-state index contributed by atoms with van der Waals surface area (Å²) in [5.74, 6) is 1.28. The molecular weight excluding hydrogens is 288 g/mol. The van der Waals surface area contributed by atoms with Crippen molar-refractivity contribution in [2.75, 3.05) is 23.3 Å². The fourth-order valence-corrected chi connectivity index (χ4v) is 3.14. The van der Waals surface area contributed by atoms with Gasteiger partial charge in [-0.25, -0.2) is 0 Å². The van der Waals surface area contributed by atoms with E-state index in [-0.39, 0.29) is 5.91 Å². The number of nitrogens with zero attached hydrogens (tertiary/aromatic N) is 1. The van der Waals surface area contributed by atoms with Crippen LogP contribution in [0.25, 0.3) is 0 Å². The molecule has 3 rings (SSSR count). The number of carbonyl (C=O) groups excluding carboxylic acids is 1. The van der Waals surface area contributed by atoms with Crippen LogP contribution in [-0.4, -0.2) is 19.0 Å². The molecule has 1 aromatic carbocycles. The fourth-order valence-electron chi connectivity index (χ4n) is 3.14. The first-order valence-electron chi connectivity index (χ1n) is 8.37. The van der Waals surface area contributed by atoms with Crippen molar-refractivity contribution in [3.63, 3.8) is 0 Å². The van der Waals surface area contributed by atoms with E-state index in [9.17, 15) is 4.79 Å². The van der Waals surface area contributed by atoms with Crippen LogP contribution < -0.4 is 10.2 Å². The number of amides is 1. The van der Waals surface area contributed by atoms with E-state index in [4.69, 9.17) is 4.42 Å². The SMILES string of the molecule is Cc1cc(C(=O)Nc2ccc(N3CCCCCC3)cc2)c(C)o1. The Hall–Kier alpha value is -2.23. The zero-order valence-corrected chi connectivity index (χ0v) is 13.9. The molecule has 1 amide bonds. The third-order valence-corrected chi connectivity index (χ3v) is 4.38. The van der Waals surface area contributed by atoms with E-state index in [1.165, 1.54) is 31.4 Å². The maximum Gasteiger partial charge on any atom is 0.259 e. The Balaban J connectivity index is 1.67. The van der Waals surface area contributed by atoms with Gasteiger partial charge in [0, 0.05) is 24.5 Å². The van der Waals surface area contributed by atoms with Gasteiger partial charge in [-0.1, -0.05) is 12.8 Å². The molecule has 0 bridgehead atoms. The van der Waals surface area contributed by atoms with E-state index in [1.54, 1.807) is 6.07 Å². The number of nitrogens with one attached hydrogen (secondary N) is 1. The molecule has 4 heteroatoms. The molecule has 0 aliphatic carbocycles. The lowest BCUT2D eigenvalue weighted by molar-refractivity contribution is 0.102. The van der Waals surface area contributed by atoms with Gasteiger partial charge >= 0.3 is 0 Å². The number of rotatable bonds is 3. The molecule has 0 atom stereocenters. The molecule has 1 aromatic heterocycles. The van der Waals surface area contributed by atoms with Crippen LogP contribution >= 0.6 is 0 Å². The molecule has 23 heavy (non-hydrogen) atoms. The van der Waals surface area contributed by atoms with Gasteiger partial charge in [-0.3, -0.25) is 4.79 Å². The highest BCUT2D eigenvalue weighted by Crippen LogP contribution is 2.22. The maximum atomic E-state index is 12.3. The molecule has 1 fully saturated rings. The third-order valence-electron chi connectivity index (χ3n) is 4.38. The lowest BCUT2D eigenvalue weighted by atomic mass is 10.2. The second kappa shape index (κ2) is 6.90. The largest absolute Gasteiger partial charge is 0.466 e. The molecule has 0 unspecified atom stereocenters. The molecule has 0 saturated carbocycles. The van der Waals surface area contributed by atoms with Gasteiger partial charge in [0.15, 0.2) is 0 Å². The topological polar surface area (TPSA) is 45.5 Å². The van der Waals surface area contributed by atoms with E-state index in [1.807, 2.05) is 26.0 Å². The zero-order chi connectivity index (χ0) is 16.2. The van der Waals surface area contributed by atoms with Crippen LogP contribution in [0.3, 0.4) is 0 Å². The Labute approximate surface area is 137 Å². The standard InChI is InChI=1S/C19H24N2O2/c1-14-13-18(15(2)23-14)19(22)20-16-7-9-17(10-8-16)21-11-5-3-4-6-12-21/h7-10,13H,3-6,11-12H2,1-2H3,(H,20,22). The highest BCUT2D eigenvalue weighted by atomic mass is 16.3. The Morgan fingerprint density at radius 3 is 2.26 bits per heavy atom. The predicted octanol–water partition coefficient (Wildman–Crippen LogP) is 4.53. The van der Waals surface area contributed by atoms with Gasteiger partial charge < -0.3 is 14.6 Å². The normalized spacial score (nSPS) is 15.3. The second-order valence-corrected chi connectivity index (χ2v) is 6.23. The monoisotopic (exact) mass is 312 g/mol. The summed E-state index contributed by atoms with van der Waals surface area (Å²) in [5, 5.41) is 2.94. The van der Waals surface area contributed by atoms with Crippen molar-refractivity contribution in [3.05, 3.63) is 47.4 Å². The van der Waals surface area contributed by atoms with E-state index < -0.39 is 0 Å². The quantitative estimate of drug-likeness (QED) is 0.905. The van der Waals surface area contributed by atoms with Gasteiger partial charge in [0.2, 0.25) is 0 Å². The maximum absolute atomic E-state index is 12.3. The van der Waals surface area contributed by atoms with Crippen molar-refractivity contribution in [1.29, 1.82) is 0 Å². The molecule has 1 aliphatic rings. The van der Waals surface area contributed by atoms with E-state index in [0.29, 0.717) is 11.3 Å². The Bertz CT molecular complexity index is 665. The molecule has 122 valence electrons. The number of aryl methyl sites for hydroxylation is 2. The molecule has 1 N–H and O–H groups in total. The van der Waals surface area contributed by atoms with E-state index in [0.717, 1.165) is 24.5 Å². The minimum Gasteiger partial charge on any atom is -0.466 e. The first kappa shape index (κ1) is 15.7. The van der Waals surface area contributed by atoms with Crippen molar-refractivity contribution in [2.24, 2.45) is 0 Å². The number of benzene rings is 1. The van der Waals surface area contributed by atoms with E-state index >= 15 is 0 Å². The molecule has 1 aliphatic heterocycles. The Morgan fingerprint density at radius 2 is 1.70 bits per heavy atom. The molecule has 2 aromatic rings. The lowest BCUT2D eigenvalue weighted by Gasteiger charge is -2.22. The van der Waals surface area contributed by atoms with Crippen molar-refractivity contribution in [2.45, 2.75) is 39.5 Å². The van der Waals surface area contributed by atoms with Gasteiger partial charge in [0.1, 0.15) is 11.5 Å². The minimum absolute atomic E-state index is 0.123. The van der Waals surface area contributed by atoms with Crippen molar-refractivity contribution in [1.82, 2.24) is 0 Å². The lowest BCUT2D eigenvalue weighted by Crippen LogP contribution is -2.23. The van der Waals surface area contributed by atoms with Gasteiger partial charge in [0.25, 0.3) is 5.91 Å². The van der Waals surface area contributed by atoms with Crippen LogP contribution in [0.5, 0.6) is 0 Å². The molecule has 0 radical (unpaired) electrons. The van der Waals surface area contributed by atoms with E-state index in [2.05, 4.69) is 22.3 Å². The average Bonchev–Trinajstić information content (AvgIpc) is 2.75. The highest BCUT2D eigenvalue weighted by Gasteiger charge is 2.14. The summed E-state index contributed by atoms with van der Waals surface area (Å²) >= 11 is 0. The highest BCUT2D eigenvalue weighted by molar-refractivity contribution is 6.05. The van der Waals surface area contributed by atoms with Crippen LogP contribution in [-0.2, 0) is 0 Å². The van der Waals surface area contributed by atoms with Crippen LogP contribution in [0.15, 0.2) is 34.7 Å². The smallest absolute Gasteiger partial charge is 0.259 e. The van der Waals surface area contributed by atoms with Crippen LogP contribution in [0.2, 0.25) is 0 Å². The number of carbonyl (C=O) groups is 1. The summed E-state index contributed by atoms with van der Waals surface area (Å²) in [6.07, 6.45) is 5.18. The third kappa shape index (κ3) is 3.76. The number of furan rings is 1. The minimum atomic E-state index is -0.123. The first-order valence-corrected chi connectivity index (χ1v) is 8.37. The predicted molar refractivity (Wildman–Crippen MR) is 93.3 cm³/mol. The first-order chi connectivity index (χ1) is 11.1. The van der Waals surface area contributed by atoms with Crippen molar-refractivity contribution in [3.8, 4) is 0 Å². The number of anilines is 2. The van der Waals surface area contributed by atoms with Gasteiger partial charge in [0.05, 0.1) is 5.56 Å². The molecule has 4 nitrogen and oxygen atoms in total. The number of hydrogen-bond acceptors (Lipinski definition) is 3. The second-order valence-electron chi connectivity index (χ2n) is 6.23. The summed E-state index contributed by atoms with van der Waals surface area (Å²) in [7, 11) is 0. The van der Waals surface area contributed by atoms with Gasteiger partial charge in [-0.05, 0) is 57.0 Å². The number of hydrogen-bond donors (Lipinski definition) is 1.